The summed E-state index contributed by atoms with van der Waals surface area (Å²) in [6.07, 6.45) is 5.33. The molecule has 0 N–H and O–H groups in total. The van der Waals surface area contributed by atoms with Crippen molar-refractivity contribution in [2.45, 2.75) is 45.6 Å². The Labute approximate surface area is 134 Å². The van der Waals surface area contributed by atoms with Crippen LogP contribution in [-0.2, 0) is 4.74 Å². The molecule has 2 atom stereocenters. The molecule has 0 spiro atoms. The molecule has 116 valence electrons. The van der Waals surface area contributed by atoms with Gasteiger partial charge in [-0.15, -0.1) is 0 Å². The fraction of sp³-hybridized carbons (Fsp3) is 0.429. The fourth-order valence-electron chi connectivity index (χ4n) is 3.34. The monoisotopic (exact) mass is 294 g/mol. The molecule has 22 heavy (non-hydrogen) atoms. The van der Waals surface area contributed by atoms with E-state index < -0.39 is 0 Å². The van der Waals surface area contributed by atoms with Crippen LogP contribution in [0.3, 0.4) is 0 Å². The maximum absolute atomic E-state index is 6.09. The van der Waals surface area contributed by atoms with E-state index in [-0.39, 0.29) is 0 Å². The molecule has 1 heterocycles. The zero-order valence-electron chi connectivity index (χ0n) is 13.7. The number of hydrogen-bond donors (Lipinski definition) is 0. The normalized spacial score (nSPS) is 21.7. The highest BCUT2D eigenvalue weighted by atomic mass is 16.5. The van der Waals surface area contributed by atoms with Crippen molar-refractivity contribution in [1.29, 1.82) is 0 Å². The molecule has 1 aliphatic rings. The molecule has 3 rings (SSSR count). The lowest BCUT2D eigenvalue weighted by Crippen LogP contribution is -2.20. The summed E-state index contributed by atoms with van der Waals surface area (Å²) in [5.74, 6) is 0.771. The molecular weight excluding hydrogens is 268 g/mol. The molecule has 1 nitrogen and oxygen atoms in total. The third-order valence-corrected chi connectivity index (χ3v) is 4.73. The predicted octanol–water partition coefficient (Wildman–Crippen LogP) is 5.93. The third-order valence-electron chi connectivity index (χ3n) is 4.73. The summed E-state index contributed by atoms with van der Waals surface area (Å²) in [5, 5.41) is 0. The summed E-state index contributed by atoms with van der Waals surface area (Å²) < 4.78 is 6.09. The summed E-state index contributed by atoms with van der Waals surface area (Å²) in [5.41, 5.74) is 5.19. The summed E-state index contributed by atoms with van der Waals surface area (Å²) in [6.45, 7) is 5.31. The highest BCUT2D eigenvalue weighted by Crippen LogP contribution is 2.33. The molecule has 1 fully saturated rings. The van der Waals surface area contributed by atoms with Crippen LogP contribution in [0, 0.1) is 12.8 Å². The molecule has 2 aromatic carbocycles. The Morgan fingerprint density at radius 2 is 1.55 bits per heavy atom. The lowest BCUT2D eigenvalue weighted by atomic mass is 9.91. The largest absolute Gasteiger partial charge is 0.373 e. The average Bonchev–Trinajstić information content (AvgIpc) is 2.57. The first-order valence-electron chi connectivity index (χ1n) is 8.55. The minimum Gasteiger partial charge on any atom is -0.373 e. The van der Waals surface area contributed by atoms with Gasteiger partial charge >= 0.3 is 0 Å². The van der Waals surface area contributed by atoms with E-state index in [1.54, 1.807) is 0 Å². The van der Waals surface area contributed by atoms with Gasteiger partial charge in [-0.3, -0.25) is 0 Å². The second-order valence-corrected chi connectivity index (χ2v) is 6.54. The van der Waals surface area contributed by atoms with Crippen molar-refractivity contribution in [2.24, 2.45) is 5.92 Å². The lowest BCUT2D eigenvalue weighted by molar-refractivity contribution is -0.0194. The van der Waals surface area contributed by atoms with E-state index in [0.29, 0.717) is 6.10 Å². The Morgan fingerprint density at radius 3 is 2.09 bits per heavy atom. The van der Waals surface area contributed by atoms with E-state index in [4.69, 9.17) is 4.74 Å². The van der Waals surface area contributed by atoms with Gasteiger partial charge in [-0.2, -0.15) is 0 Å². The number of hydrogen-bond acceptors (Lipinski definition) is 1. The molecule has 2 unspecified atom stereocenters. The van der Waals surface area contributed by atoms with Crippen LogP contribution in [0.15, 0.2) is 48.5 Å². The number of rotatable bonds is 4. The number of aryl methyl sites for hydroxylation is 1. The van der Waals surface area contributed by atoms with Crippen molar-refractivity contribution >= 4 is 0 Å². The van der Waals surface area contributed by atoms with E-state index in [1.165, 1.54) is 41.5 Å². The Morgan fingerprint density at radius 1 is 0.909 bits per heavy atom. The van der Waals surface area contributed by atoms with Crippen molar-refractivity contribution in [1.82, 2.24) is 0 Å². The minimum absolute atomic E-state index is 0.292. The van der Waals surface area contributed by atoms with Crippen LogP contribution < -0.4 is 0 Å². The van der Waals surface area contributed by atoms with Gasteiger partial charge in [-0.25, -0.2) is 0 Å². The highest BCUT2D eigenvalue weighted by molar-refractivity contribution is 5.64. The molecular formula is C21H26O. The van der Waals surface area contributed by atoms with Crippen LogP contribution in [0.2, 0.25) is 0 Å². The molecule has 0 aromatic heterocycles. The van der Waals surface area contributed by atoms with Crippen LogP contribution in [0.1, 0.15) is 49.8 Å². The Kier molecular flexibility index (Phi) is 4.94. The van der Waals surface area contributed by atoms with E-state index in [0.717, 1.165) is 18.9 Å². The smallest absolute Gasteiger partial charge is 0.0825 e. The summed E-state index contributed by atoms with van der Waals surface area (Å²) in [7, 11) is 0. The standard InChI is InChI=1S/C21H26O/c1-3-4-17-7-14-21(22-15-17)20-12-10-19(11-13-20)18-8-5-16(2)6-9-18/h5-6,8-13,17,21H,3-4,7,14-15H2,1-2H3. The summed E-state index contributed by atoms with van der Waals surface area (Å²) in [4.78, 5) is 0. The maximum atomic E-state index is 6.09. The van der Waals surface area contributed by atoms with Gasteiger partial charge in [-0.05, 0) is 48.8 Å². The van der Waals surface area contributed by atoms with Crippen LogP contribution in [-0.4, -0.2) is 6.61 Å². The number of benzene rings is 2. The molecule has 2 aromatic rings. The average molecular weight is 294 g/mol. The van der Waals surface area contributed by atoms with Crippen molar-refractivity contribution < 1.29 is 4.74 Å². The molecule has 0 amide bonds. The maximum Gasteiger partial charge on any atom is 0.0825 e. The first kappa shape index (κ1) is 15.3. The van der Waals surface area contributed by atoms with Gasteiger partial charge in [-0.1, -0.05) is 67.4 Å². The predicted molar refractivity (Wildman–Crippen MR) is 92.9 cm³/mol. The number of ether oxygens (including phenoxy) is 1. The zero-order chi connectivity index (χ0) is 15.4. The van der Waals surface area contributed by atoms with E-state index >= 15 is 0 Å². The molecule has 1 saturated heterocycles. The first-order valence-corrected chi connectivity index (χ1v) is 8.55. The second-order valence-electron chi connectivity index (χ2n) is 6.54. The van der Waals surface area contributed by atoms with E-state index in [1.807, 2.05) is 0 Å². The zero-order valence-corrected chi connectivity index (χ0v) is 13.7. The van der Waals surface area contributed by atoms with Crippen LogP contribution >= 0.6 is 0 Å². The summed E-state index contributed by atoms with van der Waals surface area (Å²) in [6, 6.07) is 17.6. The SMILES string of the molecule is CCCC1CCC(c2ccc(-c3ccc(C)cc3)cc2)OC1. The lowest BCUT2D eigenvalue weighted by Gasteiger charge is -2.29. The topological polar surface area (TPSA) is 9.23 Å². The molecule has 0 bridgehead atoms. The van der Waals surface area contributed by atoms with Gasteiger partial charge in [0.15, 0.2) is 0 Å². The summed E-state index contributed by atoms with van der Waals surface area (Å²) >= 11 is 0. The molecule has 0 saturated carbocycles. The van der Waals surface area contributed by atoms with Crippen molar-refractivity contribution in [2.75, 3.05) is 6.61 Å². The van der Waals surface area contributed by atoms with Gasteiger partial charge in [0.1, 0.15) is 0 Å². The van der Waals surface area contributed by atoms with Crippen LogP contribution in [0.5, 0.6) is 0 Å². The molecule has 1 heteroatoms. The van der Waals surface area contributed by atoms with Gasteiger partial charge in [0.25, 0.3) is 0 Å². The van der Waals surface area contributed by atoms with Gasteiger partial charge in [0.05, 0.1) is 12.7 Å². The van der Waals surface area contributed by atoms with Gasteiger partial charge in [0.2, 0.25) is 0 Å². The highest BCUT2D eigenvalue weighted by Gasteiger charge is 2.22. The second kappa shape index (κ2) is 7.11. The van der Waals surface area contributed by atoms with Gasteiger partial charge < -0.3 is 4.74 Å². The first-order chi connectivity index (χ1) is 10.8. The van der Waals surface area contributed by atoms with Crippen molar-refractivity contribution in [3.63, 3.8) is 0 Å². The van der Waals surface area contributed by atoms with Crippen LogP contribution in [0.4, 0.5) is 0 Å². The Balaban J connectivity index is 1.66. The Hall–Kier alpha value is -1.60. The quantitative estimate of drug-likeness (QED) is 0.679. The Bertz CT molecular complexity index is 574. The van der Waals surface area contributed by atoms with E-state index in [2.05, 4.69) is 62.4 Å². The molecule has 1 aliphatic heterocycles. The van der Waals surface area contributed by atoms with Gasteiger partial charge in [0, 0.05) is 0 Å². The van der Waals surface area contributed by atoms with Crippen molar-refractivity contribution in [3.05, 3.63) is 59.7 Å². The fourth-order valence-corrected chi connectivity index (χ4v) is 3.34. The molecule has 0 aliphatic carbocycles. The van der Waals surface area contributed by atoms with E-state index in [9.17, 15) is 0 Å². The van der Waals surface area contributed by atoms with Crippen LogP contribution in [0.25, 0.3) is 11.1 Å². The van der Waals surface area contributed by atoms with Crippen molar-refractivity contribution in [3.8, 4) is 11.1 Å². The third kappa shape index (κ3) is 3.59. The minimum atomic E-state index is 0.292. The molecule has 0 radical (unpaired) electrons.